The van der Waals surface area contributed by atoms with Gasteiger partial charge in [-0.3, -0.25) is 4.79 Å². The lowest BCUT2D eigenvalue weighted by Crippen LogP contribution is -2.26. The first-order chi connectivity index (χ1) is 8.58. The fourth-order valence-electron chi connectivity index (χ4n) is 2.05. The van der Waals surface area contributed by atoms with Crippen molar-refractivity contribution in [3.05, 3.63) is 23.9 Å². The van der Waals surface area contributed by atoms with Gasteiger partial charge in [0, 0.05) is 12.7 Å². The predicted octanol–water partition coefficient (Wildman–Crippen LogP) is 0.670. The first kappa shape index (κ1) is 12.5. The number of aromatic carboxylic acids is 1. The second-order valence-corrected chi connectivity index (χ2v) is 4.44. The summed E-state index contributed by atoms with van der Waals surface area (Å²) in [5.74, 6) is -1.24. The van der Waals surface area contributed by atoms with Crippen molar-refractivity contribution in [1.82, 2.24) is 9.88 Å². The number of hydrogen-bond donors (Lipinski definition) is 2. The average Bonchev–Trinajstić information content (AvgIpc) is 2.76. The Labute approximate surface area is 105 Å². The number of nitrogens with one attached hydrogen (secondary N) is 1. The lowest BCUT2D eigenvalue weighted by molar-refractivity contribution is -0.119. The number of carboxylic acids is 1. The molecule has 0 aliphatic carbocycles. The van der Waals surface area contributed by atoms with E-state index in [9.17, 15) is 9.59 Å². The van der Waals surface area contributed by atoms with Crippen molar-refractivity contribution < 1.29 is 14.7 Å². The number of rotatable bonds is 3. The van der Waals surface area contributed by atoms with Gasteiger partial charge in [-0.05, 0) is 32.1 Å². The number of carbonyl (C=O) groups is 2. The lowest BCUT2D eigenvalue weighted by Gasteiger charge is -2.11. The monoisotopic (exact) mass is 249 g/mol. The van der Waals surface area contributed by atoms with Crippen LogP contribution in [0.1, 0.15) is 16.8 Å². The number of nitrogens with zero attached hydrogens (tertiary/aromatic N) is 2. The number of hydrogen-bond acceptors (Lipinski definition) is 4. The minimum Gasteiger partial charge on any atom is -0.478 e. The van der Waals surface area contributed by atoms with Gasteiger partial charge in [0.15, 0.2) is 0 Å². The molecule has 1 fully saturated rings. The Bertz CT molecular complexity index is 475. The van der Waals surface area contributed by atoms with Gasteiger partial charge in [-0.1, -0.05) is 0 Å². The summed E-state index contributed by atoms with van der Waals surface area (Å²) in [4.78, 5) is 28.9. The van der Waals surface area contributed by atoms with Gasteiger partial charge < -0.3 is 15.3 Å². The Balaban J connectivity index is 2.09. The quantitative estimate of drug-likeness (QED) is 0.822. The zero-order valence-corrected chi connectivity index (χ0v) is 10.1. The summed E-state index contributed by atoms with van der Waals surface area (Å²) in [6.45, 7) is 1.58. The molecular weight excluding hydrogens is 234 g/mol. The summed E-state index contributed by atoms with van der Waals surface area (Å²) >= 11 is 0. The maximum absolute atomic E-state index is 12.0. The molecule has 1 aromatic heterocycles. The normalized spacial score (nSPS) is 19.7. The highest BCUT2D eigenvalue weighted by atomic mass is 16.4. The molecule has 1 aliphatic heterocycles. The van der Waals surface area contributed by atoms with Gasteiger partial charge in [-0.25, -0.2) is 9.78 Å². The van der Waals surface area contributed by atoms with Crippen LogP contribution in [0.5, 0.6) is 0 Å². The van der Waals surface area contributed by atoms with Crippen molar-refractivity contribution in [3.63, 3.8) is 0 Å². The van der Waals surface area contributed by atoms with Crippen LogP contribution < -0.4 is 5.32 Å². The van der Waals surface area contributed by atoms with Crippen LogP contribution in [-0.4, -0.2) is 47.0 Å². The molecule has 1 amide bonds. The third kappa shape index (κ3) is 2.65. The Hall–Kier alpha value is -1.95. The predicted molar refractivity (Wildman–Crippen MR) is 65.4 cm³/mol. The molecule has 1 aromatic rings. The number of anilines is 1. The summed E-state index contributed by atoms with van der Waals surface area (Å²) in [6, 6.07) is 2.95. The number of aromatic nitrogens is 1. The van der Waals surface area contributed by atoms with Crippen molar-refractivity contribution >= 4 is 17.7 Å². The highest BCUT2D eigenvalue weighted by Gasteiger charge is 2.27. The topological polar surface area (TPSA) is 82.5 Å². The molecule has 18 heavy (non-hydrogen) atoms. The number of amides is 1. The molecule has 0 radical (unpaired) electrons. The molecule has 0 spiro atoms. The second-order valence-electron chi connectivity index (χ2n) is 4.44. The molecule has 2 N–H and O–H groups in total. The van der Waals surface area contributed by atoms with E-state index in [2.05, 4.69) is 15.2 Å². The molecule has 0 bridgehead atoms. The van der Waals surface area contributed by atoms with Gasteiger partial charge in [-0.15, -0.1) is 0 Å². The van der Waals surface area contributed by atoms with E-state index in [0.29, 0.717) is 6.54 Å². The lowest BCUT2D eigenvalue weighted by atomic mass is 10.1. The summed E-state index contributed by atoms with van der Waals surface area (Å²) in [7, 11) is 1.96. The molecule has 2 rings (SSSR count). The van der Waals surface area contributed by atoms with E-state index < -0.39 is 5.97 Å². The minimum atomic E-state index is -1.10. The zero-order chi connectivity index (χ0) is 13.1. The van der Waals surface area contributed by atoms with Crippen molar-refractivity contribution in [1.29, 1.82) is 0 Å². The van der Waals surface area contributed by atoms with E-state index in [0.717, 1.165) is 13.0 Å². The van der Waals surface area contributed by atoms with Crippen LogP contribution in [-0.2, 0) is 4.79 Å². The number of pyridine rings is 1. The van der Waals surface area contributed by atoms with Crippen LogP contribution in [0.25, 0.3) is 0 Å². The second kappa shape index (κ2) is 5.14. The zero-order valence-electron chi connectivity index (χ0n) is 10.1. The van der Waals surface area contributed by atoms with Gasteiger partial charge in [0.1, 0.15) is 11.4 Å². The van der Waals surface area contributed by atoms with Crippen LogP contribution in [0.2, 0.25) is 0 Å². The molecule has 1 aliphatic rings. The van der Waals surface area contributed by atoms with Crippen LogP contribution in [0.3, 0.4) is 0 Å². The third-order valence-electron chi connectivity index (χ3n) is 3.04. The van der Waals surface area contributed by atoms with Crippen molar-refractivity contribution in [2.75, 3.05) is 25.5 Å². The molecular formula is C12H15N3O3. The van der Waals surface area contributed by atoms with E-state index in [1.54, 1.807) is 0 Å². The maximum atomic E-state index is 12.0. The number of likely N-dealkylation sites (tertiary alicyclic amines) is 1. The van der Waals surface area contributed by atoms with Crippen molar-refractivity contribution in [2.24, 2.45) is 5.92 Å². The summed E-state index contributed by atoms with van der Waals surface area (Å²) in [6.07, 6.45) is 2.25. The largest absolute Gasteiger partial charge is 0.478 e. The molecule has 0 aromatic carbocycles. The summed E-state index contributed by atoms with van der Waals surface area (Å²) in [5, 5.41) is 11.6. The van der Waals surface area contributed by atoms with Crippen molar-refractivity contribution in [2.45, 2.75) is 6.42 Å². The van der Waals surface area contributed by atoms with E-state index in [1.165, 1.54) is 18.3 Å². The van der Waals surface area contributed by atoms with Crippen LogP contribution in [0.15, 0.2) is 18.3 Å². The Kier molecular flexibility index (Phi) is 3.57. The first-order valence-corrected chi connectivity index (χ1v) is 5.75. The molecule has 6 nitrogen and oxygen atoms in total. The highest BCUT2D eigenvalue weighted by molar-refractivity contribution is 5.99. The Morgan fingerprint density at radius 1 is 1.56 bits per heavy atom. The molecule has 96 valence electrons. The Morgan fingerprint density at radius 3 is 2.94 bits per heavy atom. The average molecular weight is 249 g/mol. The molecule has 0 saturated carbocycles. The van der Waals surface area contributed by atoms with Gasteiger partial charge in [0.2, 0.25) is 5.91 Å². The van der Waals surface area contributed by atoms with E-state index in [4.69, 9.17) is 5.11 Å². The van der Waals surface area contributed by atoms with Gasteiger partial charge >= 0.3 is 5.97 Å². The highest BCUT2D eigenvalue weighted by Crippen LogP contribution is 2.18. The van der Waals surface area contributed by atoms with Crippen LogP contribution >= 0.6 is 0 Å². The fraction of sp³-hybridized carbons (Fsp3) is 0.417. The maximum Gasteiger partial charge on any atom is 0.339 e. The van der Waals surface area contributed by atoms with E-state index in [1.807, 2.05) is 7.05 Å². The molecule has 6 heteroatoms. The third-order valence-corrected chi connectivity index (χ3v) is 3.04. The number of carboxylic acid groups (broad SMARTS) is 1. The van der Waals surface area contributed by atoms with Gasteiger partial charge in [0.25, 0.3) is 0 Å². The summed E-state index contributed by atoms with van der Waals surface area (Å²) in [5.41, 5.74) is 0.0113. The molecule has 1 saturated heterocycles. The SMILES string of the molecule is CN1CCC(C(=O)Nc2ncccc2C(=O)O)C1. The number of carbonyl (C=O) groups excluding carboxylic acids is 1. The molecule has 2 heterocycles. The smallest absolute Gasteiger partial charge is 0.339 e. The van der Waals surface area contributed by atoms with Crippen molar-refractivity contribution in [3.8, 4) is 0 Å². The van der Waals surface area contributed by atoms with Crippen LogP contribution in [0, 0.1) is 5.92 Å². The van der Waals surface area contributed by atoms with Crippen LogP contribution in [0.4, 0.5) is 5.82 Å². The Morgan fingerprint density at radius 2 is 2.33 bits per heavy atom. The fourth-order valence-corrected chi connectivity index (χ4v) is 2.05. The van der Waals surface area contributed by atoms with E-state index >= 15 is 0 Å². The molecule has 1 unspecified atom stereocenters. The minimum absolute atomic E-state index is 0.0113. The van der Waals surface area contributed by atoms with Gasteiger partial charge in [0.05, 0.1) is 5.92 Å². The first-order valence-electron chi connectivity index (χ1n) is 5.75. The standard InChI is InChI=1S/C12H15N3O3/c1-15-6-4-8(7-15)11(16)14-10-9(12(17)18)3-2-5-13-10/h2-3,5,8H,4,6-7H2,1H3,(H,17,18)(H,13,14,16). The summed E-state index contributed by atoms with van der Waals surface area (Å²) < 4.78 is 0. The van der Waals surface area contributed by atoms with E-state index in [-0.39, 0.29) is 23.2 Å². The van der Waals surface area contributed by atoms with Gasteiger partial charge in [-0.2, -0.15) is 0 Å². The molecule has 1 atom stereocenters.